The first-order chi connectivity index (χ1) is 8.96. The lowest BCUT2D eigenvalue weighted by molar-refractivity contribution is -0.122. The SMILES string of the molecule is O=C(NCC(F)(F)F)NC1CCOc2ccccc21. The number of halogens is 3. The van der Waals surface area contributed by atoms with E-state index in [-0.39, 0.29) is 6.04 Å². The molecule has 0 bridgehead atoms. The highest BCUT2D eigenvalue weighted by Crippen LogP contribution is 2.31. The maximum absolute atomic E-state index is 12.0. The smallest absolute Gasteiger partial charge is 0.405 e. The van der Waals surface area contributed by atoms with E-state index in [4.69, 9.17) is 4.74 Å². The Balaban J connectivity index is 1.95. The Morgan fingerprint density at radius 1 is 1.37 bits per heavy atom. The molecule has 2 rings (SSSR count). The maximum Gasteiger partial charge on any atom is 0.405 e. The van der Waals surface area contributed by atoms with Gasteiger partial charge in [-0.15, -0.1) is 0 Å². The van der Waals surface area contributed by atoms with Crippen LogP contribution in [-0.4, -0.2) is 25.4 Å². The van der Waals surface area contributed by atoms with Gasteiger partial charge < -0.3 is 15.4 Å². The zero-order valence-corrected chi connectivity index (χ0v) is 9.96. The quantitative estimate of drug-likeness (QED) is 0.870. The standard InChI is InChI=1S/C12H13F3N2O2/c13-12(14,15)7-16-11(18)17-9-5-6-19-10-4-2-1-3-8(9)10/h1-4,9H,5-7H2,(H2,16,17,18). The van der Waals surface area contributed by atoms with Gasteiger partial charge in [-0.2, -0.15) is 13.2 Å². The van der Waals surface area contributed by atoms with Gasteiger partial charge in [-0.3, -0.25) is 0 Å². The lowest BCUT2D eigenvalue weighted by atomic mass is 10.0. The molecule has 0 aliphatic carbocycles. The molecule has 1 aromatic carbocycles. The van der Waals surface area contributed by atoms with Crippen molar-refractivity contribution in [2.45, 2.75) is 18.6 Å². The van der Waals surface area contributed by atoms with E-state index in [9.17, 15) is 18.0 Å². The summed E-state index contributed by atoms with van der Waals surface area (Å²) in [7, 11) is 0. The van der Waals surface area contributed by atoms with Crippen LogP contribution >= 0.6 is 0 Å². The van der Waals surface area contributed by atoms with Gasteiger partial charge in [-0.05, 0) is 6.07 Å². The minimum absolute atomic E-state index is 0.335. The topological polar surface area (TPSA) is 50.4 Å². The van der Waals surface area contributed by atoms with Gasteiger partial charge in [0.1, 0.15) is 12.3 Å². The van der Waals surface area contributed by atoms with E-state index in [2.05, 4.69) is 5.32 Å². The van der Waals surface area contributed by atoms with Gasteiger partial charge in [-0.1, -0.05) is 18.2 Å². The Morgan fingerprint density at radius 2 is 2.11 bits per heavy atom. The van der Waals surface area contributed by atoms with Crippen molar-refractivity contribution >= 4 is 6.03 Å². The zero-order valence-electron chi connectivity index (χ0n) is 9.96. The van der Waals surface area contributed by atoms with Crippen LogP contribution in [0, 0.1) is 0 Å². The van der Waals surface area contributed by atoms with Crippen molar-refractivity contribution < 1.29 is 22.7 Å². The molecule has 1 atom stereocenters. The number of fused-ring (bicyclic) bond motifs is 1. The van der Waals surface area contributed by atoms with Crippen LogP contribution in [0.2, 0.25) is 0 Å². The van der Waals surface area contributed by atoms with E-state index >= 15 is 0 Å². The lowest BCUT2D eigenvalue weighted by Gasteiger charge is -2.26. The van der Waals surface area contributed by atoms with Crippen molar-refractivity contribution in [1.82, 2.24) is 10.6 Å². The minimum Gasteiger partial charge on any atom is -0.493 e. The Kier molecular flexibility index (Phi) is 3.82. The largest absolute Gasteiger partial charge is 0.493 e. The normalized spacial score (nSPS) is 18.2. The number of amides is 2. The van der Waals surface area contributed by atoms with Crippen molar-refractivity contribution in [1.29, 1.82) is 0 Å². The van der Waals surface area contributed by atoms with Gasteiger partial charge >= 0.3 is 12.2 Å². The van der Waals surface area contributed by atoms with Crippen LogP contribution in [0.15, 0.2) is 24.3 Å². The summed E-state index contributed by atoms with van der Waals surface area (Å²) >= 11 is 0. The van der Waals surface area contributed by atoms with Crippen LogP contribution in [0.4, 0.5) is 18.0 Å². The number of urea groups is 1. The van der Waals surface area contributed by atoms with E-state index in [1.807, 2.05) is 0 Å². The molecule has 1 aliphatic rings. The summed E-state index contributed by atoms with van der Waals surface area (Å²) < 4.78 is 41.3. The molecule has 0 aromatic heterocycles. The fourth-order valence-electron chi connectivity index (χ4n) is 1.88. The number of ether oxygens (including phenoxy) is 1. The number of rotatable bonds is 2. The molecule has 1 unspecified atom stereocenters. The second kappa shape index (κ2) is 5.38. The van der Waals surface area contributed by atoms with Crippen LogP contribution in [0.1, 0.15) is 18.0 Å². The third kappa shape index (κ3) is 3.77. The van der Waals surface area contributed by atoms with Crippen molar-refractivity contribution in [3.63, 3.8) is 0 Å². The number of hydrogen-bond acceptors (Lipinski definition) is 2. The fraction of sp³-hybridized carbons (Fsp3) is 0.417. The minimum atomic E-state index is -4.41. The van der Waals surface area contributed by atoms with E-state index in [1.54, 1.807) is 29.6 Å². The van der Waals surface area contributed by atoms with Crippen LogP contribution in [0.25, 0.3) is 0 Å². The second-order valence-electron chi connectivity index (χ2n) is 4.17. The van der Waals surface area contributed by atoms with Crippen molar-refractivity contribution in [2.24, 2.45) is 0 Å². The average molecular weight is 274 g/mol. The summed E-state index contributed by atoms with van der Waals surface area (Å²) in [5.74, 6) is 0.648. The highest BCUT2D eigenvalue weighted by atomic mass is 19.4. The van der Waals surface area contributed by atoms with Crippen LogP contribution in [-0.2, 0) is 0 Å². The summed E-state index contributed by atoms with van der Waals surface area (Å²) in [4.78, 5) is 11.4. The number of alkyl halides is 3. The average Bonchev–Trinajstić information content (AvgIpc) is 2.36. The van der Waals surface area contributed by atoms with E-state index in [0.29, 0.717) is 18.8 Å². The Labute approximate surface area is 107 Å². The first kappa shape index (κ1) is 13.5. The van der Waals surface area contributed by atoms with Crippen molar-refractivity contribution in [3.05, 3.63) is 29.8 Å². The zero-order chi connectivity index (χ0) is 13.9. The number of nitrogens with one attached hydrogen (secondary N) is 2. The Bertz CT molecular complexity index is 463. The first-order valence-corrected chi connectivity index (χ1v) is 5.78. The number of carbonyl (C=O) groups excluding carboxylic acids is 1. The molecule has 104 valence electrons. The van der Waals surface area contributed by atoms with Crippen molar-refractivity contribution in [2.75, 3.05) is 13.2 Å². The third-order valence-electron chi connectivity index (χ3n) is 2.71. The van der Waals surface area contributed by atoms with Crippen molar-refractivity contribution in [3.8, 4) is 5.75 Å². The Hall–Kier alpha value is -1.92. The van der Waals surface area contributed by atoms with Gasteiger partial charge in [0.15, 0.2) is 0 Å². The highest BCUT2D eigenvalue weighted by Gasteiger charge is 2.29. The van der Waals surface area contributed by atoms with Crippen LogP contribution < -0.4 is 15.4 Å². The molecule has 0 radical (unpaired) electrons. The highest BCUT2D eigenvalue weighted by molar-refractivity contribution is 5.74. The second-order valence-corrected chi connectivity index (χ2v) is 4.17. The number of carbonyl (C=O) groups is 1. The number of para-hydroxylation sites is 1. The number of benzene rings is 1. The molecule has 19 heavy (non-hydrogen) atoms. The molecule has 1 heterocycles. The molecule has 0 saturated carbocycles. The molecule has 2 N–H and O–H groups in total. The summed E-state index contributed by atoms with van der Waals surface area (Å²) in [6.07, 6.45) is -3.89. The van der Waals surface area contributed by atoms with E-state index < -0.39 is 18.8 Å². The Morgan fingerprint density at radius 3 is 2.84 bits per heavy atom. The number of hydrogen-bond donors (Lipinski definition) is 2. The molecule has 7 heteroatoms. The fourth-order valence-corrected chi connectivity index (χ4v) is 1.88. The lowest BCUT2D eigenvalue weighted by Crippen LogP contribution is -2.43. The molecule has 0 fully saturated rings. The van der Waals surface area contributed by atoms with E-state index in [1.165, 1.54) is 0 Å². The summed E-state index contributed by atoms with van der Waals surface area (Å²) in [6, 6.07) is 5.96. The van der Waals surface area contributed by atoms with Gasteiger partial charge in [0.2, 0.25) is 0 Å². The van der Waals surface area contributed by atoms with Crippen LogP contribution in [0.3, 0.4) is 0 Å². The van der Waals surface area contributed by atoms with Gasteiger partial charge in [0, 0.05) is 12.0 Å². The van der Waals surface area contributed by atoms with Gasteiger partial charge in [0.05, 0.1) is 12.6 Å². The molecular weight excluding hydrogens is 261 g/mol. The molecule has 2 amide bonds. The molecule has 4 nitrogen and oxygen atoms in total. The predicted octanol–water partition coefficient (Wildman–Crippen LogP) is 2.37. The summed E-state index contributed by atoms with van der Waals surface area (Å²) in [5, 5.41) is 4.30. The molecule has 1 aromatic rings. The maximum atomic E-state index is 12.0. The molecule has 1 aliphatic heterocycles. The molecule has 0 saturated heterocycles. The molecular formula is C12H13F3N2O2. The van der Waals surface area contributed by atoms with Gasteiger partial charge in [0.25, 0.3) is 0 Å². The molecule has 0 spiro atoms. The van der Waals surface area contributed by atoms with Gasteiger partial charge in [-0.25, -0.2) is 4.79 Å². The van der Waals surface area contributed by atoms with E-state index in [0.717, 1.165) is 5.56 Å². The monoisotopic (exact) mass is 274 g/mol. The summed E-state index contributed by atoms with van der Waals surface area (Å²) in [5.41, 5.74) is 0.774. The first-order valence-electron chi connectivity index (χ1n) is 5.78. The predicted molar refractivity (Wildman–Crippen MR) is 61.9 cm³/mol. The summed E-state index contributed by atoms with van der Waals surface area (Å²) in [6.45, 7) is -0.926. The third-order valence-corrected chi connectivity index (χ3v) is 2.71. The van der Waals surface area contributed by atoms with Crippen LogP contribution in [0.5, 0.6) is 5.75 Å².